The molecule has 3 rings (SSSR count). The number of allylic oxidation sites excluding steroid dienone is 1. The van der Waals surface area contributed by atoms with Gasteiger partial charge >= 0.3 is 0 Å². The van der Waals surface area contributed by atoms with Crippen molar-refractivity contribution in [1.82, 2.24) is 14.9 Å². The molecule has 1 unspecified atom stereocenters. The molecular weight excluding hydrogens is 410 g/mol. The van der Waals surface area contributed by atoms with Crippen LogP contribution < -0.4 is 10.1 Å². The third-order valence-corrected chi connectivity index (χ3v) is 6.16. The fourth-order valence-electron chi connectivity index (χ4n) is 4.24. The van der Waals surface area contributed by atoms with E-state index < -0.39 is 0 Å². The Hall–Kier alpha value is -3.08. The van der Waals surface area contributed by atoms with Crippen LogP contribution >= 0.6 is 0 Å². The second-order valence-electron chi connectivity index (χ2n) is 8.51. The van der Waals surface area contributed by atoms with Crippen molar-refractivity contribution in [2.75, 3.05) is 6.61 Å². The van der Waals surface area contributed by atoms with Crippen LogP contribution in [0.2, 0.25) is 0 Å². The monoisotopic (exact) mass is 447 g/mol. The lowest BCUT2D eigenvalue weighted by Gasteiger charge is -2.19. The summed E-state index contributed by atoms with van der Waals surface area (Å²) in [6, 6.07) is 16.2. The maximum Gasteiger partial charge on any atom is 0.223 e. The summed E-state index contributed by atoms with van der Waals surface area (Å²) in [5, 5.41) is 3.19. The number of benzene rings is 2. The van der Waals surface area contributed by atoms with Gasteiger partial charge in [0, 0.05) is 12.5 Å². The van der Waals surface area contributed by atoms with E-state index in [1.54, 1.807) is 0 Å². The highest BCUT2D eigenvalue weighted by molar-refractivity contribution is 5.79. The van der Waals surface area contributed by atoms with Gasteiger partial charge in [-0.25, -0.2) is 4.98 Å². The van der Waals surface area contributed by atoms with Gasteiger partial charge < -0.3 is 14.6 Å². The Labute approximate surface area is 197 Å². The highest BCUT2D eigenvalue weighted by Crippen LogP contribution is 2.23. The maximum absolute atomic E-state index is 12.7. The fraction of sp³-hybridized carbons (Fsp3) is 0.429. The minimum atomic E-state index is -0.146. The van der Waals surface area contributed by atoms with E-state index in [4.69, 9.17) is 9.72 Å². The summed E-state index contributed by atoms with van der Waals surface area (Å²) in [5.41, 5.74) is 3.23. The Morgan fingerprint density at radius 3 is 2.61 bits per heavy atom. The molecular formula is C28H37N3O2. The van der Waals surface area contributed by atoms with E-state index in [0.29, 0.717) is 6.61 Å². The van der Waals surface area contributed by atoms with Crippen molar-refractivity contribution < 1.29 is 9.53 Å². The first-order chi connectivity index (χ1) is 16.1. The zero-order chi connectivity index (χ0) is 23.6. The predicted octanol–water partition coefficient (Wildman–Crippen LogP) is 6.24. The largest absolute Gasteiger partial charge is 0.493 e. The number of hydrogen-bond acceptors (Lipinski definition) is 3. The topological polar surface area (TPSA) is 56.1 Å². The quantitative estimate of drug-likeness (QED) is 0.249. The van der Waals surface area contributed by atoms with Crippen molar-refractivity contribution in [3.05, 3.63) is 72.6 Å². The van der Waals surface area contributed by atoms with Gasteiger partial charge in [-0.3, -0.25) is 4.79 Å². The number of fused-ring (bicyclic) bond motifs is 1. The molecule has 0 saturated heterocycles. The summed E-state index contributed by atoms with van der Waals surface area (Å²) in [5.74, 6) is 2.00. The van der Waals surface area contributed by atoms with Crippen LogP contribution in [0.5, 0.6) is 5.75 Å². The molecule has 0 aliphatic rings. The number of nitrogens with zero attached hydrogens (tertiary/aromatic N) is 2. The number of amides is 1. The van der Waals surface area contributed by atoms with Gasteiger partial charge in [0.15, 0.2) is 0 Å². The molecule has 0 aliphatic heterocycles. The minimum absolute atomic E-state index is 0.0476. The average Bonchev–Trinajstić information content (AvgIpc) is 3.19. The van der Waals surface area contributed by atoms with Crippen LogP contribution in [0.3, 0.4) is 0 Å². The van der Waals surface area contributed by atoms with Gasteiger partial charge in [0.2, 0.25) is 5.91 Å². The van der Waals surface area contributed by atoms with Crippen LogP contribution in [0.25, 0.3) is 11.0 Å². The molecule has 2 aromatic carbocycles. The van der Waals surface area contributed by atoms with Crippen LogP contribution in [0.1, 0.15) is 63.9 Å². The van der Waals surface area contributed by atoms with Gasteiger partial charge in [0.05, 0.1) is 23.7 Å². The Balaban J connectivity index is 1.65. The fourth-order valence-corrected chi connectivity index (χ4v) is 4.24. The van der Waals surface area contributed by atoms with Crippen molar-refractivity contribution in [3.63, 3.8) is 0 Å². The summed E-state index contributed by atoms with van der Waals surface area (Å²) >= 11 is 0. The zero-order valence-corrected chi connectivity index (χ0v) is 20.2. The molecule has 1 atom stereocenters. The van der Waals surface area contributed by atoms with E-state index in [0.717, 1.165) is 66.8 Å². The molecule has 0 aliphatic carbocycles. The Morgan fingerprint density at radius 1 is 1.12 bits per heavy atom. The molecule has 33 heavy (non-hydrogen) atoms. The van der Waals surface area contributed by atoms with Gasteiger partial charge in [-0.15, -0.1) is 6.58 Å². The number of ether oxygens (including phenoxy) is 1. The molecule has 5 heteroatoms. The van der Waals surface area contributed by atoms with E-state index >= 15 is 0 Å². The molecule has 0 spiro atoms. The standard InChI is InChI=1S/C28H37N3O2/c1-5-14-23-15-8-11-18-26(23)33-20-13-12-19-31-25-17-10-9-16-24(25)30-27(31)21(4)29-28(32)22(6-2)7-3/h5,8-11,15-18,21-22H,1,6-7,12-14,19-20H2,2-4H3,(H,29,32). The van der Waals surface area contributed by atoms with E-state index in [2.05, 4.69) is 42.4 Å². The van der Waals surface area contributed by atoms with E-state index in [1.807, 2.05) is 49.4 Å². The Morgan fingerprint density at radius 2 is 1.85 bits per heavy atom. The van der Waals surface area contributed by atoms with Crippen LogP contribution in [0.4, 0.5) is 0 Å². The molecule has 1 N–H and O–H groups in total. The molecule has 3 aromatic rings. The number of carbonyl (C=O) groups excluding carboxylic acids is 1. The van der Waals surface area contributed by atoms with Gasteiger partial charge in [-0.1, -0.05) is 50.3 Å². The van der Waals surface area contributed by atoms with E-state index in [-0.39, 0.29) is 17.9 Å². The van der Waals surface area contributed by atoms with Gasteiger partial charge in [0.25, 0.3) is 0 Å². The zero-order valence-electron chi connectivity index (χ0n) is 20.2. The Bertz CT molecular complexity index is 1050. The first-order valence-electron chi connectivity index (χ1n) is 12.2. The molecule has 176 valence electrons. The normalized spacial score (nSPS) is 12.1. The molecule has 1 heterocycles. The lowest BCUT2D eigenvalue weighted by molar-refractivity contribution is -0.125. The van der Waals surface area contributed by atoms with Crippen molar-refractivity contribution >= 4 is 16.9 Å². The van der Waals surface area contributed by atoms with Gasteiger partial charge in [-0.2, -0.15) is 0 Å². The molecule has 1 amide bonds. The van der Waals surface area contributed by atoms with Gasteiger partial charge in [-0.05, 0) is 62.8 Å². The molecule has 0 saturated carbocycles. The first kappa shape index (κ1) is 24.6. The summed E-state index contributed by atoms with van der Waals surface area (Å²) in [7, 11) is 0. The number of aromatic nitrogens is 2. The number of carbonyl (C=O) groups is 1. The number of unbranched alkanes of at least 4 members (excludes halogenated alkanes) is 1. The minimum Gasteiger partial charge on any atom is -0.493 e. The predicted molar refractivity (Wildman–Crippen MR) is 135 cm³/mol. The average molecular weight is 448 g/mol. The maximum atomic E-state index is 12.7. The number of imidazole rings is 1. The van der Waals surface area contributed by atoms with E-state index in [9.17, 15) is 4.79 Å². The number of para-hydroxylation sites is 3. The molecule has 1 aromatic heterocycles. The van der Waals surface area contributed by atoms with Crippen LogP contribution in [0, 0.1) is 5.92 Å². The third kappa shape index (κ3) is 6.25. The van der Waals surface area contributed by atoms with Crippen LogP contribution in [0.15, 0.2) is 61.2 Å². The summed E-state index contributed by atoms with van der Waals surface area (Å²) in [6.45, 7) is 11.5. The number of hydrogen-bond donors (Lipinski definition) is 1. The number of nitrogens with one attached hydrogen (secondary N) is 1. The van der Waals surface area contributed by atoms with Crippen molar-refractivity contribution in [2.45, 2.75) is 65.5 Å². The molecule has 0 bridgehead atoms. The van der Waals surface area contributed by atoms with Crippen molar-refractivity contribution in [1.29, 1.82) is 0 Å². The highest BCUT2D eigenvalue weighted by Gasteiger charge is 2.21. The second kappa shape index (κ2) is 12.2. The summed E-state index contributed by atoms with van der Waals surface area (Å²) in [6.07, 6.45) is 6.30. The van der Waals surface area contributed by atoms with Crippen LogP contribution in [-0.2, 0) is 17.8 Å². The van der Waals surface area contributed by atoms with Crippen molar-refractivity contribution in [3.8, 4) is 5.75 Å². The summed E-state index contributed by atoms with van der Waals surface area (Å²) < 4.78 is 8.30. The lowest BCUT2D eigenvalue weighted by atomic mass is 10.0. The smallest absolute Gasteiger partial charge is 0.223 e. The molecule has 0 radical (unpaired) electrons. The van der Waals surface area contributed by atoms with Gasteiger partial charge in [0.1, 0.15) is 11.6 Å². The first-order valence-corrected chi connectivity index (χ1v) is 12.2. The second-order valence-corrected chi connectivity index (χ2v) is 8.51. The number of aryl methyl sites for hydroxylation is 1. The molecule has 5 nitrogen and oxygen atoms in total. The van der Waals surface area contributed by atoms with Crippen molar-refractivity contribution in [2.24, 2.45) is 5.92 Å². The lowest BCUT2D eigenvalue weighted by Crippen LogP contribution is -2.33. The third-order valence-electron chi connectivity index (χ3n) is 6.16. The van der Waals surface area contributed by atoms with E-state index in [1.165, 1.54) is 0 Å². The number of rotatable bonds is 13. The van der Waals surface area contributed by atoms with Crippen LogP contribution in [-0.4, -0.2) is 22.1 Å². The Kier molecular flexibility index (Phi) is 9.11. The highest BCUT2D eigenvalue weighted by atomic mass is 16.5. The summed E-state index contributed by atoms with van der Waals surface area (Å²) in [4.78, 5) is 17.5. The molecule has 0 fully saturated rings. The SMILES string of the molecule is C=CCc1ccccc1OCCCCn1c(C(C)NC(=O)C(CC)CC)nc2ccccc21.